The van der Waals surface area contributed by atoms with Gasteiger partial charge in [0.15, 0.2) is 0 Å². The minimum Gasteiger partial charge on any atom is -0.497 e. The molecule has 0 spiro atoms. The summed E-state index contributed by atoms with van der Waals surface area (Å²) < 4.78 is 20.4. The fourth-order valence-corrected chi connectivity index (χ4v) is 4.86. The molecule has 5 rings (SSSR count). The average molecular weight is 463 g/mol. The molecule has 1 amide bonds. The molecule has 1 N–H and O–H groups in total. The van der Waals surface area contributed by atoms with Crippen molar-refractivity contribution in [3.05, 3.63) is 71.4 Å². The number of hydrogen-bond donors (Lipinski definition) is 1. The standard InChI is InChI=1S/C25H27FN6O2/c1-16-28-29-30-32(16)24(13-17-3-5-19(26)6-4-17)25(33)31-11-9-18(10-12-31)22-15-27-23-8-7-20(34-2)14-21(22)23/h3-8,14-15,18,24,27H,9-13H2,1-2H3. The number of carbonyl (C=O) groups is 1. The first-order valence-corrected chi connectivity index (χ1v) is 11.5. The van der Waals surface area contributed by atoms with Crippen LogP contribution in [0.4, 0.5) is 4.39 Å². The summed E-state index contributed by atoms with van der Waals surface area (Å²) in [7, 11) is 1.67. The van der Waals surface area contributed by atoms with Crippen LogP contribution in [-0.4, -0.2) is 56.2 Å². The molecule has 3 heterocycles. The van der Waals surface area contributed by atoms with Crippen molar-refractivity contribution >= 4 is 16.8 Å². The van der Waals surface area contributed by atoms with Gasteiger partial charge in [0.05, 0.1) is 7.11 Å². The van der Waals surface area contributed by atoms with Crippen molar-refractivity contribution in [2.24, 2.45) is 0 Å². The number of hydrogen-bond acceptors (Lipinski definition) is 5. The highest BCUT2D eigenvalue weighted by atomic mass is 19.1. The number of benzene rings is 2. The zero-order valence-corrected chi connectivity index (χ0v) is 19.2. The summed E-state index contributed by atoms with van der Waals surface area (Å²) in [5.41, 5.74) is 3.21. The Labute approximate surface area is 196 Å². The first-order valence-electron chi connectivity index (χ1n) is 11.5. The molecule has 0 aliphatic carbocycles. The van der Waals surface area contributed by atoms with Crippen molar-refractivity contribution in [2.45, 2.75) is 38.1 Å². The van der Waals surface area contributed by atoms with Gasteiger partial charge in [-0.3, -0.25) is 4.79 Å². The Bertz CT molecular complexity index is 1290. The molecule has 2 aromatic heterocycles. The minimum atomic E-state index is -0.575. The van der Waals surface area contributed by atoms with Gasteiger partial charge in [-0.1, -0.05) is 12.1 Å². The van der Waals surface area contributed by atoms with E-state index in [-0.39, 0.29) is 11.7 Å². The van der Waals surface area contributed by atoms with E-state index in [9.17, 15) is 9.18 Å². The first kappa shape index (κ1) is 22.1. The molecular formula is C25H27FN6O2. The van der Waals surface area contributed by atoms with E-state index in [2.05, 4.69) is 32.8 Å². The number of H-pyrrole nitrogens is 1. The summed E-state index contributed by atoms with van der Waals surface area (Å²) in [4.78, 5) is 18.9. The summed E-state index contributed by atoms with van der Waals surface area (Å²) >= 11 is 0. The van der Waals surface area contributed by atoms with Gasteiger partial charge in [-0.25, -0.2) is 9.07 Å². The summed E-state index contributed by atoms with van der Waals surface area (Å²) in [5.74, 6) is 1.45. The van der Waals surface area contributed by atoms with Crippen LogP contribution >= 0.6 is 0 Å². The summed E-state index contributed by atoms with van der Waals surface area (Å²) in [6.45, 7) is 3.09. The van der Waals surface area contributed by atoms with Crippen LogP contribution in [0.15, 0.2) is 48.7 Å². The van der Waals surface area contributed by atoms with E-state index < -0.39 is 6.04 Å². The number of piperidine rings is 1. The molecule has 9 heteroatoms. The fourth-order valence-electron chi connectivity index (χ4n) is 4.86. The molecule has 1 saturated heterocycles. The number of tetrazole rings is 1. The first-order chi connectivity index (χ1) is 16.5. The molecule has 0 saturated carbocycles. The predicted octanol–water partition coefficient (Wildman–Crippen LogP) is 3.80. The number of likely N-dealkylation sites (tertiary alicyclic amines) is 1. The lowest BCUT2D eigenvalue weighted by molar-refractivity contribution is -0.136. The van der Waals surface area contributed by atoms with Gasteiger partial charge < -0.3 is 14.6 Å². The third-order valence-corrected chi connectivity index (χ3v) is 6.75. The smallest absolute Gasteiger partial charge is 0.247 e. The zero-order chi connectivity index (χ0) is 23.7. The molecule has 1 atom stereocenters. The fraction of sp³-hybridized carbons (Fsp3) is 0.360. The van der Waals surface area contributed by atoms with Crippen LogP contribution in [0.1, 0.15) is 41.8 Å². The number of nitrogens with zero attached hydrogens (tertiary/aromatic N) is 5. The summed E-state index contributed by atoms with van der Waals surface area (Å²) in [5, 5.41) is 12.9. The molecule has 2 aromatic carbocycles. The van der Waals surface area contributed by atoms with E-state index in [0.29, 0.717) is 31.3 Å². The SMILES string of the molecule is COc1ccc2[nH]cc(C3CCN(C(=O)C(Cc4ccc(F)cc4)n4nnnc4C)CC3)c2c1. The van der Waals surface area contributed by atoms with Crippen molar-refractivity contribution in [1.29, 1.82) is 0 Å². The van der Waals surface area contributed by atoms with Gasteiger partial charge in [-0.2, -0.15) is 0 Å². The van der Waals surface area contributed by atoms with Crippen LogP contribution in [-0.2, 0) is 11.2 Å². The lowest BCUT2D eigenvalue weighted by atomic mass is 9.88. The van der Waals surface area contributed by atoms with Crippen LogP contribution in [0.5, 0.6) is 5.75 Å². The number of carbonyl (C=O) groups excluding carboxylic acids is 1. The quantitative estimate of drug-likeness (QED) is 0.471. The topological polar surface area (TPSA) is 88.9 Å². The van der Waals surface area contributed by atoms with Crippen LogP contribution in [0.2, 0.25) is 0 Å². The van der Waals surface area contributed by atoms with Crippen molar-refractivity contribution in [2.75, 3.05) is 20.2 Å². The third kappa shape index (κ3) is 4.25. The van der Waals surface area contributed by atoms with Gasteiger partial charge in [-0.05, 0) is 77.6 Å². The second-order valence-corrected chi connectivity index (χ2v) is 8.77. The van der Waals surface area contributed by atoms with E-state index in [1.807, 2.05) is 17.0 Å². The minimum absolute atomic E-state index is 0.0150. The number of aryl methyl sites for hydroxylation is 1. The molecule has 176 valence electrons. The number of rotatable bonds is 6. The van der Waals surface area contributed by atoms with Crippen LogP contribution < -0.4 is 4.74 Å². The van der Waals surface area contributed by atoms with Gasteiger partial charge in [0.25, 0.3) is 0 Å². The number of methoxy groups -OCH3 is 1. The molecule has 1 aliphatic rings. The van der Waals surface area contributed by atoms with Gasteiger partial charge in [0.2, 0.25) is 5.91 Å². The second kappa shape index (κ2) is 9.24. The summed E-state index contributed by atoms with van der Waals surface area (Å²) in [6, 6.07) is 11.7. The Morgan fingerprint density at radius 3 is 2.65 bits per heavy atom. The Hall–Kier alpha value is -3.75. The van der Waals surface area contributed by atoms with Crippen LogP contribution in [0.3, 0.4) is 0 Å². The van der Waals surface area contributed by atoms with Gasteiger partial charge in [0.1, 0.15) is 23.4 Å². The third-order valence-electron chi connectivity index (χ3n) is 6.75. The van der Waals surface area contributed by atoms with E-state index in [1.54, 1.807) is 30.8 Å². The van der Waals surface area contributed by atoms with E-state index in [4.69, 9.17) is 4.74 Å². The highest BCUT2D eigenvalue weighted by Crippen LogP contribution is 2.35. The number of fused-ring (bicyclic) bond motifs is 1. The lowest BCUT2D eigenvalue weighted by Crippen LogP contribution is -2.43. The molecule has 4 aromatic rings. The van der Waals surface area contributed by atoms with Gasteiger partial charge in [-0.15, -0.1) is 5.10 Å². The molecule has 1 aliphatic heterocycles. The highest BCUT2D eigenvalue weighted by Gasteiger charge is 2.32. The Morgan fingerprint density at radius 2 is 1.97 bits per heavy atom. The predicted molar refractivity (Wildman–Crippen MR) is 125 cm³/mol. The molecule has 0 radical (unpaired) electrons. The number of nitrogens with one attached hydrogen (secondary N) is 1. The van der Waals surface area contributed by atoms with Crippen molar-refractivity contribution in [3.63, 3.8) is 0 Å². The monoisotopic (exact) mass is 462 g/mol. The Morgan fingerprint density at radius 1 is 1.21 bits per heavy atom. The van der Waals surface area contributed by atoms with Crippen molar-refractivity contribution in [3.8, 4) is 5.75 Å². The zero-order valence-electron chi connectivity index (χ0n) is 19.2. The Kier molecular flexibility index (Phi) is 6.00. The van der Waals surface area contributed by atoms with E-state index >= 15 is 0 Å². The highest BCUT2D eigenvalue weighted by molar-refractivity contribution is 5.85. The number of aromatic amines is 1. The molecular weight excluding hydrogens is 435 g/mol. The van der Waals surface area contributed by atoms with Crippen molar-refractivity contribution < 1.29 is 13.9 Å². The summed E-state index contributed by atoms with van der Waals surface area (Å²) in [6.07, 6.45) is 4.21. The number of ether oxygens (including phenoxy) is 1. The molecule has 0 bridgehead atoms. The molecule has 1 unspecified atom stereocenters. The lowest BCUT2D eigenvalue weighted by Gasteiger charge is -2.34. The maximum absolute atomic E-state index is 13.6. The largest absolute Gasteiger partial charge is 0.497 e. The maximum Gasteiger partial charge on any atom is 0.247 e. The van der Waals surface area contributed by atoms with Crippen molar-refractivity contribution in [1.82, 2.24) is 30.1 Å². The molecule has 8 nitrogen and oxygen atoms in total. The van der Waals surface area contributed by atoms with Gasteiger partial charge >= 0.3 is 0 Å². The number of aromatic nitrogens is 5. The van der Waals surface area contributed by atoms with E-state index in [1.165, 1.54) is 23.1 Å². The molecule has 34 heavy (non-hydrogen) atoms. The molecule has 1 fully saturated rings. The average Bonchev–Trinajstić information content (AvgIpc) is 3.49. The second-order valence-electron chi connectivity index (χ2n) is 8.77. The Balaban J connectivity index is 1.33. The van der Waals surface area contributed by atoms with Crippen LogP contribution in [0, 0.1) is 12.7 Å². The number of amides is 1. The van der Waals surface area contributed by atoms with E-state index in [0.717, 1.165) is 29.7 Å². The van der Waals surface area contributed by atoms with Gasteiger partial charge in [0, 0.05) is 36.6 Å². The van der Waals surface area contributed by atoms with Crippen LogP contribution in [0.25, 0.3) is 10.9 Å². The normalized spacial score (nSPS) is 15.6. The maximum atomic E-state index is 13.6. The number of halogens is 1.